The molecule has 636 valence electrons. The summed E-state index contributed by atoms with van der Waals surface area (Å²) in [4.78, 5) is 243. The number of carbonyl (C=O) groups excluding carboxylic acids is 14. The summed E-state index contributed by atoms with van der Waals surface area (Å²) in [7, 11) is 0. The third kappa shape index (κ3) is 33.6. The Bertz CT molecular complexity index is 4010. The molecule has 0 unspecified atom stereocenters. The Morgan fingerprint density at radius 1 is 0.405 bits per heavy atom. The molecule has 0 radical (unpaired) electrons. The number of hydrogen-bond donors (Lipinski definition) is 23. The summed E-state index contributed by atoms with van der Waals surface area (Å²) in [6.45, 7) is 9.92. The number of benzene rings is 2. The first-order valence-electron chi connectivity index (χ1n) is 37.4. The maximum Gasteiger partial charge on any atom is 0.322 e. The summed E-state index contributed by atoms with van der Waals surface area (Å²) in [5.74, 6) is -21.2. The summed E-state index contributed by atoms with van der Waals surface area (Å²) in [6.07, 6.45) is 1.15. The van der Waals surface area contributed by atoms with E-state index in [1.807, 2.05) is 0 Å². The number of aromatic amines is 2. The van der Waals surface area contributed by atoms with Crippen LogP contribution < -0.4 is 80.6 Å². The van der Waals surface area contributed by atoms with Crippen LogP contribution >= 0.6 is 0 Å². The van der Waals surface area contributed by atoms with Gasteiger partial charge < -0.3 is 121 Å². The van der Waals surface area contributed by atoms with Crippen LogP contribution in [0.1, 0.15) is 129 Å². The van der Waals surface area contributed by atoms with Crippen LogP contribution in [0.5, 0.6) is 11.5 Å². The molecule has 4 rings (SSSR count). The molecule has 2 aromatic carbocycles. The van der Waals surface area contributed by atoms with Crippen molar-refractivity contribution in [3.63, 3.8) is 0 Å². The number of aromatic nitrogens is 4. The Labute approximate surface area is 666 Å². The number of imidazole rings is 2. The SMILES string of the molecule is CC[C@H](C)[C@H](NC(=O)[C@@H](NC(=O)[C@H](Cc1ccc(O)cc1)NC(=O)[C@H](CO)NC(=O)CNC(=O)[C@H](Cc1ccc(O)cc1)NC(=O)[C@@H](N)CCC(N)=O)C(C)C)C(=O)N[C@@H](CCC(=O)O)C(=O)N[C@@H](Cc1c[nH]cn1)C(=O)N[C@H](C(=O)N[C@@H](CC(C)C)C(=O)N[C@@H](CCC(=O)O)C(=O)N[C@@H](Cc1c[nH]cn1)C(=O)NCC(=O)O)C(C)C. The second kappa shape index (κ2) is 47.8. The van der Waals surface area contributed by atoms with E-state index in [1.165, 1.54) is 101 Å². The number of aliphatic carboxylic acids is 3. The Morgan fingerprint density at radius 3 is 1.17 bits per heavy atom. The van der Waals surface area contributed by atoms with E-state index >= 15 is 0 Å². The van der Waals surface area contributed by atoms with Crippen LogP contribution in [0, 0.1) is 23.7 Å². The minimum absolute atomic E-state index is 0.101. The van der Waals surface area contributed by atoms with E-state index in [9.17, 15) is 112 Å². The van der Waals surface area contributed by atoms with Crippen LogP contribution in [-0.4, -0.2) is 243 Å². The van der Waals surface area contributed by atoms with E-state index < -0.39 is 243 Å². The molecule has 0 aliphatic heterocycles. The zero-order valence-electron chi connectivity index (χ0n) is 65.4. The second-order valence-electron chi connectivity index (χ2n) is 28.8. The highest BCUT2D eigenvalue weighted by Gasteiger charge is 2.39. The minimum atomic E-state index is -1.81. The second-order valence-corrected chi connectivity index (χ2v) is 28.8. The van der Waals surface area contributed by atoms with Crippen molar-refractivity contribution >= 4 is 101 Å². The molecular formula is C74H107N19O23. The summed E-state index contributed by atoms with van der Waals surface area (Å²) in [5, 5.41) is 91.0. The summed E-state index contributed by atoms with van der Waals surface area (Å²) < 4.78 is 0. The van der Waals surface area contributed by atoms with Gasteiger partial charge in [-0.25, -0.2) is 9.97 Å². The quantitative estimate of drug-likeness (QED) is 0.0197. The van der Waals surface area contributed by atoms with E-state index in [0.717, 1.165) is 0 Å². The highest BCUT2D eigenvalue weighted by atomic mass is 16.4. The van der Waals surface area contributed by atoms with Gasteiger partial charge in [-0.05, 0) is 84.7 Å². The van der Waals surface area contributed by atoms with E-state index in [2.05, 4.69) is 89.1 Å². The number of nitrogens with one attached hydrogen (secondary N) is 15. The smallest absolute Gasteiger partial charge is 0.322 e. The van der Waals surface area contributed by atoms with Crippen LogP contribution in [0.2, 0.25) is 0 Å². The third-order valence-corrected chi connectivity index (χ3v) is 18.1. The number of hydrogen-bond acceptors (Lipinski definition) is 23. The fourth-order valence-electron chi connectivity index (χ4n) is 11.4. The minimum Gasteiger partial charge on any atom is -0.508 e. The number of carbonyl (C=O) groups is 17. The summed E-state index contributed by atoms with van der Waals surface area (Å²) in [5.41, 5.74) is 12.3. The zero-order chi connectivity index (χ0) is 86.6. The van der Waals surface area contributed by atoms with Gasteiger partial charge in [0.1, 0.15) is 84.5 Å². The fourth-order valence-corrected chi connectivity index (χ4v) is 11.4. The number of nitrogens with zero attached hydrogens (tertiary/aromatic N) is 2. The van der Waals surface area contributed by atoms with Gasteiger partial charge in [0.15, 0.2) is 0 Å². The van der Waals surface area contributed by atoms with Crippen LogP contribution in [0.3, 0.4) is 0 Å². The van der Waals surface area contributed by atoms with Gasteiger partial charge in [0.05, 0.1) is 43.2 Å². The van der Waals surface area contributed by atoms with E-state index in [-0.39, 0.29) is 73.8 Å². The average Bonchev–Trinajstić information content (AvgIpc) is 0.976. The lowest BCUT2D eigenvalue weighted by Crippen LogP contribution is -2.62. The van der Waals surface area contributed by atoms with Crippen LogP contribution in [-0.2, 0) is 107 Å². The number of rotatable bonds is 51. The van der Waals surface area contributed by atoms with Crippen LogP contribution in [0.25, 0.3) is 0 Å². The summed E-state index contributed by atoms with van der Waals surface area (Å²) in [6, 6.07) is -7.90. The fraction of sp³-hybridized carbons (Fsp3) is 0.527. The molecule has 42 nitrogen and oxygen atoms in total. The third-order valence-electron chi connectivity index (χ3n) is 18.1. The van der Waals surface area contributed by atoms with Gasteiger partial charge in [0.25, 0.3) is 0 Å². The predicted octanol–water partition coefficient (Wildman–Crippen LogP) is -4.82. The van der Waals surface area contributed by atoms with Gasteiger partial charge in [0, 0.05) is 57.3 Å². The normalized spacial score (nSPS) is 14.5. The summed E-state index contributed by atoms with van der Waals surface area (Å²) >= 11 is 0. The monoisotopic (exact) mass is 1630 g/mol. The van der Waals surface area contributed by atoms with Crippen molar-refractivity contribution in [1.29, 1.82) is 0 Å². The first-order valence-corrected chi connectivity index (χ1v) is 37.4. The van der Waals surface area contributed by atoms with Gasteiger partial charge in [-0.2, -0.15) is 0 Å². The first-order chi connectivity index (χ1) is 54.7. The van der Waals surface area contributed by atoms with Crippen molar-refractivity contribution in [3.05, 3.63) is 96.1 Å². The van der Waals surface area contributed by atoms with Crippen molar-refractivity contribution in [2.24, 2.45) is 35.1 Å². The Morgan fingerprint density at radius 2 is 0.767 bits per heavy atom. The maximum absolute atomic E-state index is 14.7. The molecule has 2 heterocycles. The largest absolute Gasteiger partial charge is 0.508 e. The van der Waals surface area contributed by atoms with E-state index in [1.54, 1.807) is 27.7 Å². The van der Waals surface area contributed by atoms with E-state index in [4.69, 9.17) is 11.5 Å². The highest BCUT2D eigenvalue weighted by Crippen LogP contribution is 2.18. The molecular weight excluding hydrogens is 1520 g/mol. The molecule has 4 aromatic rings. The maximum atomic E-state index is 14.7. The Kier molecular flexibility index (Phi) is 39.4. The van der Waals surface area contributed by atoms with Crippen molar-refractivity contribution < 1.29 is 112 Å². The van der Waals surface area contributed by atoms with Gasteiger partial charge >= 0.3 is 17.9 Å². The van der Waals surface area contributed by atoms with Gasteiger partial charge in [0.2, 0.25) is 82.7 Å². The highest BCUT2D eigenvalue weighted by molar-refractivity contribution is 6.00. The van der Waals surface area contributed by atoms with Crippen LogP contribution in [0.4, 0.5) is 0 Å². The first kappa shape index (κ1) is 95.7. The van der Waals surface area contributed by atoms with Gasteiger partial charge in [-0.3, -0.25) is 81.5 Å². The molecule has 14 amide bonds. The molecule has 0 fully saturated rings. The van der Waals surface area contributed by atoms with Crippen molar-refractivity contribution in [2.75, 3.05) is 19.7 Å². The zero-order valence-corrected chi connectivity index (χ0v) is 65.4. The molecule has 0 aliphatic rings. The molecule has 13 atom stereocenters. The van der Waals surface area contributed by atoms with Crippen LogP contribution in [0.15, 0.2) is 73.6 Å². The number of phenolic OH excluding ortho intramolecular Hbond substituents is 2. The number of amides is 14. The van der Waals surface area contributed by atoms with Crippen molar-refractivity contribution in [3.8, 4) is 11.5 Å². The number of carboxylic acid groups (broad SMARTS) is 3. The molecule has 0 spiro atoms. The molecule has 2 aromatic heterocycles. The van der Waals surface area contributed by atoms with Crippen molar-refractivity contribution in [1.82, 2.24) is 89.1 Å². The molecule has 0 saturated carbocycles. The lowest BCUT2D eigenvalue weighted by Gasteiger charge is -2.31. The molecule has 42 heteroatoms. The number of primary amides is 1. The number of carboxylic acids is 3. The average molecular weight is 1630 g/mol. The number of nitrogens with two attached hydrogens (primary N) is 2. The molecule has 0 aliphatic carbocycles. The number of aliphatic hydroxyl groups excluding tert-OH is 1. The van der Waals surface area contributed by atoms with Gasteiger partial charge in [-0.1, -0.05) is 86.1 Å². The number of aromatic hydroxyl groups is 2. The molecule has 25 N–H and O–H groups in total. The molecule has 0 bridgehead atoms. The number of H-pyrrole nitrogens is 2. The lowest BCUT2D eigenvalue weighted by molar-refractivity contribution is -0.139. The molecule has 0 saturated heterocycles. The standard InChI is InChI=1S/C74H107N19O23/c1-9-39(8)62(93-73(115)61(38(6)7)92-69(111)51(26-41-12-16-45(96)17-13-41)87-71(113)54(33-94)83-56(98)31-79-64(106)50(25-40-10-14-44(95)15-11-40)86-63(105)46(75)18-21-55(76)97)74(116)85-48(20-23-58(101)102)67(109)89-53(28-43-30-78-35-82-43)70(112)91-60(37(4)5)72(114)90-49(24-36(2)3)68(110)84-47(19-22-57(99)100)66(108)88-52(27-42-29-77-34-81-42)65(107)80-32-59(103)104/h10-17,29-30,34-39,46-54,60-62,94-96H,9,18-28,31-33,75H2,1-8H3,(H2,76,97)(H,77,81)(H,78,82)(H,79,106)(H,80,107)(H,83,98)(H,84,110)(H,85,116)(H,86,105)(H,87,113)(H,88,108)(H,89,109)(H,90,114)(H,91,112)(H,92,111)(H,93,115)(H,99,100)(H,101,102)(H,103,104)/t39-,46-,47-,48-,49-,50-,51-,52-,53-,54-,60-,61-,62-/m0/s1. The number of phenols is 2. The molecule has 116 heavy (non-hydrogen) atoms. The van der Waals surface area contributed by atoms with Crippen molar-refractivity contribution in [2.45, 2.75) is 205 Å². The topological polar surface area (TPSA) is 677 Å². The predicted molar refractivity (Wildman–Crippen MR) is 409 cm³/mol. The number of aliphatic hydroxyl groups is 1. The Hall–Kier alpha value is -12.6. The van der Waals surface area contributed by atoms with E-state index in [0.29, 0.717) is 11.1 Å². The van der Waals surface area contributed by atoms with Gasteiger partial charge in [-0.15, -0.1) is 0 Å². The Balaban J connectivity index is 1.57. The lowest BCUT2D eigenvalue weighted by atomic mass is 9.95.